The molecule has 2 aromatic carbocycles. The number of nitrogens with zero attached hydrogens (tertiary/aromatic N) is 1. The molecule has 29 heavy (non-hydrogen) atoms. The Hall–Kier alpha value is -3.08. The van der Waals surface area contributed by atoms with Crippen LogP contribution >= 0.6 is 0 Å². The molecular weight excluding hydrogens is 364 g/mol. The van der Waals surface area contributed by atoms with Gasteiger partial charge >= 0.3 is 0 Å². The second-order valence-electron chi connectivity index (χ2n) is 6.83. The first kappa shape index (κ1) is 20.6. The van der Waals surface area contributed by atoms with Crippen LogP contribution < -0.4 is 10.1 Å². The van der Waals surface area contributed by atoms with Gasteiger partial charge in [0.1, 0.15) is 17.1 Å². The average molecular weight is 392 g/mol. The van der Waals surface area contributed by atoms with Crippen LogP contribution in [0.15, 0.2) is 59.9 Å². The minimum absolute atomic E-state index is 0.0805. The Morgan fingerprint density at radius 1 is 0.828 bits per heavy atom. The van der Waals surface area contributed by atoms with E-state index in [0.717, 1.165) is 43.8 Å². The van der Waals surface area contributed by atoms with E-state index in [2.05, 4.69) is 10.2 Å². The molecule has 1 aliphatic carbocycles. The molecule has 0 atom stereocenters. The number of allylic oxidation sites excluding steroid dienone is 2. The summed E-state index contributed by atoms with van der Waals surface area (Å²) in [5.41, 5.74) is 2.56. The number of hydrogen-bond acceptors (Lipinski definition) is 5. The van der Waals surface area contributed by atoms with E-state index in [1.807, 2.05) is 38.1 Å². The number of nitrogens with one attached hydrogen (secondary N) is 1. The van der Waals surface area contributed by atoms with Crippen LogP contribution in [0.2, 0.25) is 0 Å². The Bertz CT molecular complexity index is 910. The van der Waals surface area contributed by atoms with Gasteiger partial charge in [-0.05, 0) is 43.5 Å². The second kappa shape index (κ2) is 9.41. The molecule has 1 N–H and O–H groups in total. The molecule has 2 aliphatic rings. The van der Waals surface area contributed by atoms with E-state index in [9.17, 15) is 9.59 Å². The molecule has 1 saturated heterocycles. The quantitative estimate of drug-likeness (QED) is 0.801. The largest absolute Gasteiger partial charge is 0.497 e. The third-order valence-corrected chi connectivity index (χ3v) is 5.13. The maximum atomic E-state index is 13.3. The standard InChI is InChI=1S/C22H22N2O3.C2H6/c1-27-16-11-9-15(10-12-16)23-19-20(24-13-5-2-6-14-24)22(26)18-8-4-3-7-17(18)21(19)25;1-2/h3-4,7-12,23H,2,5-6,13-14H2,1H3;1-2H3. The van der Waals surface area contributed by atoms with Crippen molar-refractivity contribution in [1.29, 1.82) is 0 Å². The Labute approximate surface area is 172 Å². The molecule has 1 heterocycles. The monoisotopic (exact) mass is 392 g/mol. The van der Waals surface area contributed by atoms with Gasteiger partial charge in [0.15, 0.2) is 0 Å². The summed E-state index contributed by atoms with van der Waals surface area (Å²) in [5, 5.41) is 3.21. The van der Waals surface area contributed by atoms with Crippen molar-refractivity contribution in [3.05, 3.63) is 71.1 Å². The van der Waals surface area contributed by atoms with Gasteiger partial charge in [0.25, 0.3) is 0 Å². The highest BCUT2D eigenvalue weighted by molar-refractivity contribution is 6.27. The van der Waals surface area contributed by atoms with Crippen molar-refractivity contribution < 1.29 is 14.3 Å². The number of likely N-dealkylation sites (tertiary alicyclic amines) is 1. The first-order valence-electron chi connectivity index (χ1n) is 10.3. The van der Waals surface area contributed by atoms with Crippen LogP contribution in [0.25, 0.3) is 0 Å². The predicted molar refractivity (Wildman–Crippen MR) is 116 cm³/mol. The van der Waals surface area contributed by atoms with Crippen molar-refractivity contribution in [3.63, 3.8) is 0 Å². The molecule has 1 aliphatic heterocycles. The zero-order valence-electron chi connectivity index (χ0n) is 17.3. The smallest absolute Gasteiger partial charge is 0.212 e. The summed E-state index contributed by atoms with van der Waals surface area (Å²) in [6, 6.07) is 14.4. The third kappa shape index (κ3) is 4.19. The van der Waals surface area contributed by atoms with E-state index in [1.165, 1.54) is 0 Å². The van der Waals surface area contributed by atoms with Crippen LogP contribution in [-0.4, -0.2) is 36.7 Å². The van der Waals surface area contributed by atoms with Crippen LogP contribution in [-0.2, 0) is 0 Å². The van der Waals surface area contributed by atoms with Gasteiger partial charge in [-0.3, -0.25) is 9.59 Å². The minimum atomic E-state index is -0.137. The predicted octanol–water partition coefficient (Wildman–Crippen LogP) is 4.91. The van der Waals surface area contributed by atoms with Gasteiger partial charge in [-0.2, -0.15) is 0 Å². The lowest BCUT2D eigenvalue weighted by atomic mass is 9.89. The molecule has 5 nitrogen and oxygen atoms in total. The molecule has 152 valence electrons. The molecule has 2 aromatic rings. The van der Waals surface area contributed by atoms with E-state index in [0.29, 0.717) is 22.5 Å². The molecular formula is C24H28N2O3. The van der Waals surface area contributed by atoms with Crippen molar-refractivity contribution >= 4 is 17.3 Å². The zero-order valence-corrected chi connectivity index (χ0v) is 17.3. The Morgan fingerprint density at radius 3 is 2.00 bits per heavy atom. The van der Waals surface area contributed by atoms with Crippen LogP contribution in [0, 0.1) is 0 Å². The normalized spacial score (nSPS) is 16.0. The fourth-order valence-electron chi connectivity index (χ4n) is 3.72. The maximum absolute atomic E-state index is 13.3. The van der Waals surface area contributed by atoms with Gasteiger partial charge < -0.3 is 15.0 Å². The summed E-state index contributed by atoms with van der Waals surface area (Å²) in [4.78, 5) is 28.5. The fourth-order valence-corrected chi connectivity index (χ4v) is 3.72. The molecule has 1 fully saturated rings. The molecule has 0 spiro atoms. The summed E-state index contributed by atoms with van der Waals surface area (Å²) in [6.07, 6.45) is 3.22. The number of benzene rings is 2. The summed E-state index contributed by atoms with van der Waals surface area (Å²) < 4.78 is 5.19. The molecule has 0 saturated carbocycles. The number of anilines is 1. The SMILES string of the molecule is CC.COc1ccc(NC2=C(N3CCCCC3)C(=O)c3ccccc3C2=O)cc1. The Morgan fingerprint density at radius 2 is 1.41 bits per heavy atom. The topological polar surface area (TPSA) is 58.6 Å². The van der Waals surface area contributed by atoms with E-state index >= 15 is 0 Å². The lowest BCUT2D eigenvalue weighted by molar-refractivity contribution is 0.0935. The number of carbonyl (C=O) groups excluding carboxylic acids is 2. The molecule has 0 bridgehead atoms. The zero-order chi connectivity index (χ0) is 20.8. The first-order chi connectivity index (χ1) is 14.2. The number of hydrogen-bond donors (Lipinski definition) is 1. The van der Waals surface area contributed by atoms with E-state index in [1.54, 1.807) is 31.4 Å². The molecule has 0 aromatic heterocycles. The van der Waals surface area contributed by atoms with Crippen LogP contribution in [0.1, 0.15) is 53.8 Å². The summed E-state index contributed by atoms with van der Waals surface area (Å²) >= 11 is 0. The van der Waals surface area contributed by atoms with Gasteiger partial charge in [0.05, 0.1) is 7.11 Å². The number of ether oxygens (including phenoxy) is 1. The van der Waals surface area contributed by atoms with Crippen molar-refractivity contribution in [1.82, 2.24) is 4.90 Å². The Kier molecular flexibility index (Phi) is 6.70. The molecule has 4 rings (SSSR count). The van der Waals surface area contributed by atoms with Gasteiger partial charge in [-0.15, -0.1) is 0 Å². The highest BCUT2D eigenvalue weighted by Crippen LogP contribution is 2.31. The number of ketones is 2. The van der Waals surface area contributed by atoms with Gasteiger partial charge in [-0.1, -0.05) is 38.1 Å². The molecule has 0 unspecified atom stereocenters. The molecule has 0 radical (unpaired) electrons. The number of Topliss-reactive ketones (excluding diaryl/α,β-unsaturated/α-hetero) is 2. The van der Waals surface area contributed by atoms with Crippen molar-refractivity contribution in [2.45, 2.75) is 33.1 Å². The Balaban J connectivity index is 0.00000117. The molecule has 5 heteroatoms. The minimum Gasteiger partial charge on any atom is -0.497 e. The van der Waals surface area contributed by atoms with E-state index < -0.39 is 0 Å². The van der Waals surface area contributed by atoms with Crippen molar-refractivity contribution in [2.24, 2.45) is 0 Å². The average Bonchev–Trinajstić information content (AvgIpc) is 2.80. The lowest BCUT2D eigenvalue weighted by Gasteiger charge is -2.34. The van der Waals surface area contributed by atoms with Crippen molar-refractivity contribution in [2.75, 3.05) is 25.5 Å². The fraction of sp³-hybridized carbons (Fsp3) is 0.333. The number of fused-ring (bicyclic) bond motifs is 1. The summed E-state index contributed by atoms with van der Waals surface area (Å²) in [5.74, 6) is 0.520. The lowest BCUT2D eigenvalue weighted by Crippen LogP contribution is -2.39. The maximum Gasteiger partial charge on any atom is 0.212 e. The summed E-state index contributed by atoms with van der Waals surface area (Å²) in [6.45, 7) is 5.59. The van der Waals surface area contributed by atoms with Crippen LogP contribution in [0.3, 0.4) is 0 Å². The third-order valence-electron chi connectivity index (χ3n) is 5.13. The second-order valence-corrected chi connectivity index (χ2v) is 6.83. The number of rotatable bonds is 4. The van der Waals surface area contributed by atoms with Crippen LogP contribution in [0.5, 0.6) is 5.75 Å². The highest BCUT2D eigenvalue weighted by atomic mass is 16.5. The van der Waals surface area contributed by atoms with Crippen molar-refractivity contribution in [3.8, 4) is 5.75 Å². The van der Waals surface area contributed by atoms with Crippen LogP contribution in [0.4, 0.5) is 5.69 Å². The van der Waals surface area contributed by atoms with E-state index in [4.69, 9.17) is 4.74 Å². The summed E-state index contributed by atoms with van der Waals surface area (Å²) in [7, 11) is 1.61. The van der Waals surface area contributed by atoms with Gasteiger partial charge in [0, 0.05) is 29.9 Å². The number of methoxy groups -OCH3 is 1. The number of carbonyl (C=O) groups is 2. The van der Waals surface area contributed by atoms with Gasteiger partial charge in [0.2, 0.25) is 11.6 Å². The number of piperidine rings is 1. The van der Waals surface area contributed by atoms with E-state index in [-0.39, 0.29) is 11.6 Å². The highest BCUT2D eigenvalue weighted by Gasteiger charge is 2.35. The first-order valence-corrected chi connectivity index (χ1v) is 10.3. The van der Waals surface area contributed by atoms with Gasteiger partial charge in [-0.25, -0.2) is 0 Å². The molecule has 0 amide bonds.